The number of nitrogens with two attached hydrogens (primary N) is 2. The SMILES string of the molecule is COc1cc(N(N)/C=C(/C)N)cc(OC)c1OC. The fraction of sp³-hybridized carbons (Fsp3) is 0.333. The van der Waals surface area contributed by atoms with Crippen LogP contribution in [0, 0.1) is 0 Å². The molecule has 0 aliphatic carbocycles. The van der Waals surface area contributed by atoms with E-state index in [2.05, 4.69) is 0 Å². The first-order chi connectivity index (χ1) is 8.53. The molecule has 0 aliphatic heterocycles. The zero-order chi connectivity index (χ0) is 13.7. The van der Waals surface area contributed by atoms with Gasteiger partial charge in [0, 0.05) is 24.0 Å². The van der Waals surface area contributed by atoms with Gasteiger partial charge in [-0.3, -0.25) is 5.01 Å². The molecule has 0 aromatic heterocycles. The highest BCUT2D eigenvalue weighted by Crippen LogP contribution is 2.40. The van der Waals surface area contributed by atoms with Crippen LogP contribution >= 0.6 is 0 Å². The third-order valence-corrected chi connectivity index (χ3v) is 2.29. The number of hydrogen-bond donors (Lipinski definition) is 2. The summed E-state index contributed by atoms with van der Waals surface area (Å²) < 4.78 is 15.7. The average molecular weight is 253 g/mol. The second kappa shape index (κ2) is 6.02. The number of hydrogen-bond acceptors (Lipinski definition) is 6. The van der Waals surface area contributed by atoms with Gasteiger partial charge in [-0.05, 0) is 6.92 Å². The molecular formula is C12H19N3O3. The maximum atomic E-state index is 5.86. The molecule has 1 aromatic carbocycles. The van der Waals surface area contributed by atoms with Crippen LogP contribution in [0.2, 0.25) is 0 Å². The van der Waals surface area contributed by atoms with Crippen molar-refractivity contribution in [1.82, 2.24) is 0 Å². The van der Waals surface area contributed by atoms with E-state index < -0.39 is 0 Å². The molecule has 100 valence electrons. The number of rotatable bonds is 5. The molecule has 1 rings (SSSR count). The second-order valence-corrected chi connectivity index (χ2v) is 3.66. The van der Waals surface area contributed by atoms with Gasteiger partial charge in [0.25, 0.3) is 0 Å². The van der Waals surface area contributed by atoms with Crippen molar-refractivity contribution in [3.05, 3.63) is 24.0 Å². The first kappa shape index (κ1) is 14.0. The molecule has 0 aliphatic rings. The van der Waals surface area contributed by atoms with Gasteiger partial charge in [-0.25, -0.2) is 5.84 Å². The van der Waals surface area contributed by atoms with Gasteiger partial charge in [-0.15, -0.1) is 0 Å². The fourth-order valence-corrected chi connectivity index (χ4v) is 1.51. The number of benzene rings is 1. The Balaban J connectivity index is 3.27. The monoisotopic (exact) mass is 253 g/mol. The predicted molar refractivity (Wildman–Crippen MR) is 70.7 cm³/mol. The van der Waals surface area contributed by atoms with E-state index in [1.54, 1.807) is 46.6 Å². The quantitative estimate of drug-likeness (QED) is 0.606. The van der Waals surface area contributed by atoms with Gasteiger partial charge in [0.2, 0.25) is 5.75 Å². The minimum Gasteiger partial charge on any atom is -0.493 e. The molecule has 0 heterocycles. The minimum atomic E-state index is 0.519. The summed E-state index contributed by atoms with van der Waals surface area (Å²) in [5.74, 6) is 7.44. The van der Waals surface area contributed by atoms with Crippen LogP contribution < -0.4 is 30.8 Å². The maximum absolute atomic E-state index is 5.86. The highest BCUT2D eigenvalue weighted by molar-refractivity contribution is 5.64. The van der Waals surface area contributed by atoms with E-state index >= 15 is 0 Å². The summed E-state index contributed by atoms with van der Waals surface area (Å²) in [7, 11) is 4.64. The van der Waals surface area contributed by atoms with Crippen LogP contribution in [0.5, 0.6) is 17.2 Å². The molecule has 0 unspecified atom stereocenters. The highest BCUT2D eigenvalue weighted by Gasteiger charge is 2.14. The Morgan fingerprint density at radius 3 is 1.94 bits per heavy atom. The Bertz CT molecular complexity index is 417. The Kier molecular flexibility index (Phi) is 4.67. The Hall–Kier alpha value is -2.08. The van der Waals surface area contributed by atoms with Gasteiger partial charge < -0.3 is 19.9 Å². The molecule has 1 aromatic rings. The van der Waals surface area contributed by atoms with Crippen LogP contribution in [-0.4, -0.2) is 21.3 Å². The summed E-state index contributed by atoms with van der Waals surface area (Å²) >= 11 is 0. The van der Waals surface area contributed by atoms with Crippen LogP contribution in [0.25, 0.3) is 0 Å². The van der Waals surface area contributed by atoms with E-state index in [1.165, 1.54) is 5.01 Å². The lowest BCUT2D eigenvalue weighted by atomic mass is 10.2. The lowest BCUT2D eigenvalue weighted by Gasteiger charge is -2.19. The van der Waals surface area contributed by atoms with Crippen molar-refractivity contribution in [3.63, 3.8) is 0 Å². The van der Waals surface area contributed by atoms with Gasteiger partial charge in [0.05, 0.1) is 27.0 Å². The average Bonchev–Trinajstić information content (AvgIpc) is 2.35. The normalized spacial score (nSPS) is 11.1. The molecule has 0 fully saturated rings. The first-order valence-corrected chi connectivity index (χ1v) is 5.31. The van der Waals surface area contributed by atoms with E-state index in [4.69, 9.17) is 25.8 Å². The van der Waals surface area contributed by atoms with Crippen molar-refractivity contribution >= 4 is 5.69 Å². The summed E-state index contributed by atoms with van der Waals surface area (Å²) in [5.41, 5.74) is 6.84. The van der Waals surface area contributed by atoms with E-state index in [1.807, 2.05) is 0 Å². The van der Waals surface area contributed by atoms with Gasteiger partial charge in [0.1, 0.15) is 0 Å². The predicted octanol–water partition coefficient (Wildman–Crippen LogP) is 1.21. The van der Waals surface area contributed by atoms with Crippen molar-refractivity contribution in [3.8, 4) is 17.2 Å². The lowest BCUT2D eigenvalue weighted by Crippen LogP contribution is -2.25. The van der Waals surface area contributed by atoms with Gasteiger partial charge >= 0.3 is 0 Å². The number of hydrazine groups is 1. The van der Waals surface area contributed by atoms with Crippen molar-refractivity contribution in [2.45, 2.75) is 6.92 Å². The summed E-state index contributed by atoms with van der Waals surface area (Å²) in [4.78, 5) is 0. The molecular weight excluding hydrogens is 234 g/mol. The smallest absolute Gasteiger partial charge is 0.203 e. The van der Waals surface area contributed by atoms with Crippen LogP contribution in [-0.2, 0) is 0 Å². The molecule has 18 heavy (non-hydrogen) atoms. The van der Waals surface area contributed by atoms with E-state index in [0.717, 1.165) is 0 Å². The van der Waals surface area contributed by atoms with Crippen LogP contribution in [0.1, 0.15) is 6.92 Å². The molecule has 6 nitrogen and oxygen atoms in total. The standard InChI is InChI=1S/C12H19N3O3/c1-8(13)7-15(14)9-5-10(16-2)12(18-4)11(6-9)17-3/h5-7H,13-14H2,1-4H3/b8-7-. The van der Waals surface area contributed by atoms with Gasteiger partial charge in [-0.1, -0.05) is 0 Å². The van der Waals surface area contributed by atoms with Crippen molar-refractivity contribution in [1.29, 1.82) is 0 Å². The molecule has 0 atom stereocenters. The van der Waals surface area contributed by atoms with Crippen molar-refractivity contribution < 1.29 is 14.2 Å². The Morgan fingerprint density at radius 1 is 1.11 bits per heavy atom. The third kappa shape index (κ3) is 2.98. The molecule has 6 heteroatoms. The molecule has 4 N–H and O–H groups in total. The number of anilines is 1. The first-order valence-electron chi connectivity index (χ1n) is 5.31. The Morgan fingerprint density at radius 2 is 1.61 bits per heavy atom. The summed E-state index contributed by atoms with van der Waals surface area (Å²) in [5, 5.41) is 1.39. The van der Waals surface area contributed by atoms with E-state index in [0.29, 0.717) is 28.6 Å². The fourth-order valence-electron chi connectivity index (χ4n) is 1.51. The minimum absolute atomic E-state index is 0.519. The van der Waals surface area contributed by atoms with E-state index in [-0.39, 0.29) is 0 Å². The molecule has 0 saturated heterocycles. The van der Waals surface area contributed by atoms with Crippen LogP contribution in [0.4, 0.5) is 5.69 Å². The summed E-state index contributed by atoms with van der Waals surface area (Å²) in [6, 6.07) is 3.47. The molecule has 0 amide bonds. The summed E-state index contributed by atoms with van der Waals surface area (Å²) in [6.45, 7) is 1.75. The van der Waals surface area contributed by atoms with Crippen molar-refractivity contribution in [2.24, 2.45) is 11.6 Å². The van der Waals surface area contributed by atoms with Gasteiger partial charge in [0.15, 0.2) is 11.5 Å². The largest absolute Gasteiger partial charge is 0.493 e. The van der Waals surface area contributed by atoms with Crippen LogP contribution in [0.15, 0.2) is 24.0 Å². The zero-order valence-corrected chi connectivity index (χ0v) is 11.1. The van der Waals surface area contributed by atoms with E-state index in [9.17, 15) is 0 Å². The number of nitrogens with zero attached hydrogens (tertiary/aromatic N) is 1. The third-order valence-electron chi connectivity index (χ3n) is 2.29. The second-order valence-electron chi connectivity index (χ2n) is 3.66. The maximum Gasteiger partial charge on any atom is 0.203 e. The molecule has 0 bridgehead atoms. The highest BCUT2D eigenvalue weighted by atomic mass is 16.5. The summed E-state index contributed by atoms with van der Waals surface area (Å²) in [6.07, 6.45) is 1.60. The lowest BCUT2D eigenvalue weighted by molar-refractivity contribution is 0.324. The zero-order valence-electron chi connectivity index (χ0n) is 11.1. The van der Waals surface area contributed by atoms with Gasteiger partial charge in [-0.2, -0.15) is 0 Å². The molecule has 0 spiro atoms. The number of methoxy groups -OCH3 is 3. The van der Waals surface area contributed by atoms with Crippen LogP contribution in [0.3, 0.4) is 0 Å². The molecule has 0 saturated carbocycles. The topological polar surface area (TPSA) is 83.0 Å². The van der Waals surface area contributed by atoms with Crippen molar-refractivity contribution in [2.75, 3.05) is 26.3 Å². The Labute approximate surface area is 107 Å². The number of ether oxygens (including phenoxy) is 3. The molecule has 0 radical (unpaired) electrons. The number of allylic oxidation sites excluding steroid dienone is 1.